The van der Waals surface area contributed by atoms with E-state index in [-0.39, 0.29) is 5.69 Å². The zero-order valence-electron chi connectivity index (χ0n) is 10.9. The summed E-state index contributed by atoms with van der Waals surface area (Å²) in [5.41, 5.74) is 0.956. The molecule has 1 unspecified atom stereocenters. The van der Waals surface area contributed by atoms with Crippen LogP contribution in [0.4, 0.5) is 5.82 Å². The van der Waals surface area contributed by atoms with E-state index in [1.165, 1.54) is 6.42 Å². The molecule has 1 atom stereocenters. The lowest BCUT2D eigenvalue weighted by Gasteiger charge is -2.31. The zero-order chi connectivity index (χ0) is 13.4. The molecule has 0 aromatic carbocycles. The van der Waals surface area contributed by atoms with E-state index in [0.717, 1.165) is 19.5 Å². The van der Waals surface area contributed by atoms with Crippen molar-refractivity contribution in [2.24, 2.45) is 5.92 Å². The lowest BCUT2D eigenvalue weighted by atomic mass is 10.0. The lowest BCUT2D eigenvalue weighted by molar-refractivity contribution is 0.0690. The smallest absolute Gasteiger partial charge is 0.356 e. The first-order chi connectivity index (χ1) is 9.16. The third-order valence-corrected chi connectivity index (χ3v) is 3.67. The van der Waals surface area contributed by atoms with Crippen LogP contribution in [-0.4, -0.2) is 33.6 Å². The molecule has 0 bridgehead atoms. The number of carboxylic acids is 1. The van der Waals surface area contributed by atoms with Gasteiger partial charge in [0.1, 0.15) is 5.65 Å². The maximum absolute atomic E-state index is 11.5. The zero-order valence-corrected chi connectivity index (χ0v) is 10.9. The van der Waals surface area contributed by atoms with E-state index in [2.05, 4.69) is 16.8 Å². The molecule has 5 nitrogen and oxygen atoms in total. The number of carbonyl (C=O) groups is 1. The Bertz CT molecular complexity index is 620. The number of rotatable bonds is 2. The number of aromatic carboxylic acids is 1. The molecule has 1 N–H and O–H groups in total. The molecule has 2 aromatic rings. The largest absolute Gasteiger partial charge is 0.476 e. The van der Waals surface area contributed by atoms with E-state index in [9.17, 15) is 9.90 Å². The Morgan fingerprint density at radius 3 is 3.05 bits per heavy atom. The Hall–Kier alpha value is -2.04. The van der Waals surface area contributed by atoms with E-state index in [1.807, 2.05) is 18.2 Å². The number of fused-ring (bicyclic) bond motifs is 1. The summed E-state index contributed by atoms with van der Waals surface area (Å²) in [5, 5.41) is 9.46. The Morgan fingerprint density at radius 2 is 2.32 bits per heavy atom. The molecule has 5 heteroatoms. The third kappa shape index (κ3) is 2.05. The predicted molar refractivity (Wildman–Crippen MR) is 72.8 cm³/mol. The summed E-state index contributed by atoms with van der Waals surface area (Å²) in [6.07, 6.45) is 4.04. The Morgan fingerprint density at radius 1 is 1.47 bits per heavy atom. The minimum absolute atomic E-state index is 0.268. The van der Waals surface area contributed by atoms with Crippen molar-refractivity contribution in [3.8, 4) is 0 Å². The van der Waals surface area contributed by atoms with Gasteiger partial charge in [0, 0.05) is 19.3 Å². The number of aromatic nitrogens is 2. The summed E-state index contributed by atoms with van der Waals surface area (Å²) in [4.78, 5) is 18.1. The molecule has 3 rings (SSSR count). The van der Waals surface area contributed by atoms with Crippen LogP contribution in [-0.2, 0) is 0 Å². The van der Waals surface area contributed by atoms with Crippen molar-refractivity contribution in [3.05, 3.63) is 30.1 Å². The summed E-state index contributed by atoms with van der Waals surface area (Å²) < 4.78 is 1.65. The van der Waals surface area contributed by atoms with Gasteiger partial charge in [-0.05, 0) is 30.9 Å². The second kappa shape index (κ2) is 4.57. The summed E-state index contributed by atoms with van der Waals surface area (Å²) in [7, 11) is 0. The molecule has 19 heavy (non-hydrogen) atoms. The van der Waals surface area contributed by atoms with Crippen LogP contribution in [0.25, 0.3) is 5.65 Å². The normalized spacial score (nSPS) is 19.8. The van der Waals surface area contributed by atoms with Crippen LogP contribution in [0.3, 0.4) is 0 Å². The monoisotopic (exact) mass is 259 g/mol. The number of hydrogen-bond donors (Lipinski definition) is 1. The van der Waals surface area contributed by atoms with E-state index in [4.69, 9.17) is 0 Å². The maximum Gasteiger partial charge on any atom is 0.356 e. The molecule has 1 aliphatic rings. The van der Waals surface area contributed by atoms with Gasteiger partial charge in [-0.25, -0.2) is 9.78 Å². The number of imidazole rings is 1. The van der Waals surface area contributed by atoms with Crippen molar-refractivity contribution in [1.29, 1.82) is 0 Å². The molecule has 1 aliphatic heterocycles. The fourth-order valence-corrected chi connectivity index (χ4v) is 2.78. The molecule has 2 aromatic heterocycles. The average Bonchev–Trinajstić information content (AvgIpc) is 2.78. The molecule has 0 saturated carbocycles. The van der Waals surface area contributed by atoms with Crippen molar-refractivity contribution in [1.82, 2.24) is 9.38 Å². The van der Waals surface area contributed by atoms with Gasteiger partial charge in [-0.2, -0.15) is 0 Å². The summed E-state index contributed by atoms with van der Waals surface area (Å²) in [6.45, 7) is 3.96. The van der Waals surface area contributed by atoms with Crippen LogP contribution in [0.5, 0.6) is 0 Å². The van der Waals surface area contributed by atoms with Gasteiger partial charge in [0.05, 0.1) is 0 Å². The van der Waals surface area contributed by atoms with Crippen molar-refractivity contribution < 1.29 is 9.90 Å². The highest BCUT2D eigenvalue weighted by atomic mass is 16.4. The van der Waals surface area contributed by atoms with Gasteiger partial charge in [0.25, 0.3) is 0 Å². The van der Waals surface area contributed by atoms with E-state index < -0.39 is 5.97 Å². The van der Waals surface area contributed by atoms with Crippen LogP contribution in [0, 0.1) is 5.92 Å². The van der Waals surface area contributed by atoms with Crippen LogP contribution in [0.2, 0.25) is 0 Å². The second-order valence-corrected chi connectivity index (χ2v) is 5.21. The number of pyridine rings is 1. The van der Waals surface area contributed by atoms with E-state index >= 15 is 0 Å². The summed E-state index contributed by atoms with van der Waals surface area (Å²) >= 11 is 0. The number of carboxylic acid groups (broad SMARTS) is 1. The van der Waals surface area contributed by atoms with Gasteiger partial charge in [0.2, 0.25) is 0 Å². The Kier molecular flexibility index (Phi) is 2.89. The minimum atomic E-state index is -0.924. The molecule has 0 aliphatic carbocycles. The topological polar surface area (TPSA) is 57.8 Å². The highest BCUT2D eigenvalue weighted by Crippen LogP contribution is 2.26. The highest BCUT2D eigenvalue weighted by Gasteiger charge is 2.26. The molecule has 1 saturated heterocycles. The summed E-state index contributed by atoms with van der Waals surface area (Å²) in [5.74, 6) is 0.261. The molecule has 0 spiro atoms. The average molecular weight is 259 g/mol. The van der Waals surface area contributed by atoms with E-state index in [0.29, 0.717) is 17.4 Å². The number of nitrogens with zero attached hydrogens (tertiary/aromatic N) is 3. The van der Waals surface area contributed by atoms with Crippen LogP contribution < -0.4 is 4.90 Å². The quantitative estimate of drug-likeness (QED) is 0.898. The molecular formula is C14H17N3O2. The Balaban J connectivity index is 2.11. The first kappa shape index (κ1) is 12.0. The predicted octanol–water partition coefficient (Wildman–Crippen LogP) is 2.27. The molecule has 3 heterocycles. The molecule has 0 radical (unpaired) electrons. The van der Waals surface area contributed by atoms with Gasteiger partial charge in [-0.3, -0.25) is 4.40 Å². The molecule has 0 amide bonds. The van der Waals surface area contributed by atoms with Crippen molar-refractivity contribution in [2.45, 2.75) is 19.8 Å². The van der Waals surface area contributed by atoms with Crippen LogP contribution in [0.15, 0.2) is 24.4 Å². The number of hydrogen-bond acceptors (Lipinski definition) is 3. The van der Waals surface area contributed by atoms with Gasteiger partial charge < -0.3 is 10.0 Å². The van der Waals surface area contributed by atoms with Crippen LogP contribution in [0.1, 0.15) is 30.3 Å². The second-order valence-electron chi connectivity index (χ2n) is 5.21. The number of piperidine rings is 1. The van der Waals surface area contributed by atoms with Gasteiger partial charge >= 0.3 is 5.97 Å². The molecule has 100 valence electrons. The first-order valence-electron chi connectivity index (χ1n) is 6.62. The highest BCUT2D eigenvalue weighted by molar-refractivity contribution is 5.93. The van der Waals surface area contributed by atoms with Gasteiger partial charge in [-0.15, -0.1) is 0 Å². The SMILES string of the molecule is CC1CCCN(c2nc3ccccn3c2C(=O)O)C1. The lowest BCUT2D eigenvalue weighted by Crippen LogP contribution is -2.35. The maximum atomic E-state index is 11.5. The molecule has 1 fully saturated rings. The molecular weight excluding hydrogens is 242 g/mol. The van der Waals surface area contributed by atoms with Crippen molar-refractivity contribution in [2.75, 3.05) is 18.0 Å². The fraction of sp³-hybridized carbons (Fsp3) is 0.429. The van der Waals surface area contributed by atoms with E-state index in [1.54, 1.807) is 10.6 Å². The van der Waals surface area contributed by atoms with Gasteiger partial charge in [0.15, 0.2) is 11.5 Å². The fourth-order valence-electron chi connectivity index (χ4n) is 2.78. The van der Waals surface area contributed by atoms with Crippen molar-refractivity contribution in [3.63, 3.8) is 0 Å². The Labute approximate surface area is 111 Å². The third-order valence-electron chi connectivity index (χ3n) is 3.67. The number of anilines is 1. The van der Waals surface area contributed by atoms with Gasteiger partial charge in [-0.1, -0.05) is 13.0 Å². The summed E-state index contributed by atoms with van der Waals surface area (Å²) in [6, 6.07) is 5.53. The minimum Gasteiger partial charge on any atom is -0.476 e. The van der Waals surface area contributed by atoms with Crippen molar-refractivity contribution >= 4 is 17.4 Å². The van der Waals surface area contributed by atoms with Crippen LogP contribution >= 0.6 is 0 Å². The first-order valence-corrected chi connectivity index (χ1v) is 6.62. The standard InChI is InChI=1S/C14H17N3O2/c1-10-5-4-7-16(9-10)13-12(14(18)19)17-8-3-2-6-11(17)15-13/h2-3,6,8,10H,4-5,7,9H2,1H3,(H,18,19).